The summed E-state index contributed by atoms with van der Waals surface area (Å²) < 4.78 is 12.9. The first-order valence-electron chi connectivity index (χ1n) is 6.04. The lowest BCUT2D eigenvalue weighted by Crippen LogP contribution is -2.31. The van der Waals surface area contributed by atoms with Crippen molar-refractivity contribution < 1.29 is 4.39 Å². The summed E-state index contributed by atoms with van der Waals surface area (Å²) in [5.41, 5.74) is 1.21. The SMILES string of the molecule is CCC(C)(C)CNC(C)c1ccc(F)cc1Cl. The van der Waals surface area contributed by atoms with E-state index in [-0.39, 0.29) is 17.3 Å². The van der Waals surface area contributed by atoms with Gasteiger partial charge in [-0.3, -0.25) is 0 Å². The molecule has 96 valence electrons. The van der Waals surface area contributed by atoms with Crippen LogP contribution >= 0.6 is 11.6 Å². The molecule has 0 saturated heterocycles. The minimum atomic E-state index is -0.292. The summed E-state index contributed by atoms with van der Waals surface area (Å²) >= 11 is 6.03. The van der Waals surface area contributed by atoms with Crippen LogP contribution in [0.15, 0.2) is 18.2 Å². The van der Waals surface area contributed by atoms with Gasteiger partial charge in [0.05, 0.1) is 0 Å². The number of rotatable bonds is 5. The third kappa shape index (κ3) is 4.29. The standard InChI is InChI=1S/C14H21ClFN/c1-5-14(3,4)9-17-10(2)12-7-6-11(16)8-13(12)15/h6-8,10,17H,5,9H2,1-4H3. The monoisotopic (exact) mass is 257 g/mol. The van der Waals surface area contributed by atoms with E-state index in [1.54, 1.807) is 6.07 Å². The largest absolute Gasteiger partial charge is 0.310 e. The van der Waals surface area contributed by atoms with E-state index in [1.165, 1.54) is 12.1 Å². The number of hydrogen-bond acceptors (Lipinski definition) is 1. The van der Waals surface area contributed by atoms with Gasteiger partial charge in [0.25, 0.3) is 0 Å². The summed E-state index contributed by atoms with van der Waals surface area (Å²) in [4.78, 5) is 0. The van der Waals surface area contributed by atoms with Gasteiger partial charge in [0.2, 0.25) is 0 Å². The van der Waals surface area contributed by atoms with Crippen molar-refractivity contribution >= 4 is 11.6 Å². The van der Waals surface area contributed by atoms with E-state index < -0.39 is 0 Å². The van der Waals surface area contributed by atoms with Crippen LogP contribution in [0, 0.1) is 11.2 Å². The predicted octanol–water partition coefficient (Wildman–Crippen LogP) is 4.57. The molecule has 1 unspecified atom stereocenters. The molecule has 1 aromatic rings. The van der Waals surface area contributed by atoms with Gasteiger partial charge in [0.15, 0.2) is 0 Å². The van der Waals surface area contributed by atoms with E-state index in [2.05, 4.69) is 26.1 Å². The molecule has 0 aliphatic heterocycles. The van der Waals surface area contributed by atoms with Crippen LogP contribution in [0.1, 0.15) is 45.7 Å². The summed E-state index contributed by atoms with van der Waals surface area (Å²) in [6, 6.07) is 4.69. The molecule has 3 heteroatoms. The van der Waals surface area contributed by atoms with Gasteiger partial charge in [-0.05, 0) is 36.5 Å². The Balaban J connectivity index is 2.67. The molecule has 1 N–H and O–H groups in total. The van der Waals surface area contributed by atoms with Crippen LogP contribution in [0.2, 0.25) is 5.02 Å². The Morgan fingerprint density at radius 2 is 2.06 bits per heavy atom. The topological polar surface area (TPSA) is 12.0 Å². The smallest absolute Gasteiger partial charge is 0.124 e. The van der Waals surface area contributed by atoms with Crippen molar-refractivity contribution in [2.24, 2.45) is 5.41 Å². The van der Waals surface area contributed by atoms with Crippen LogP contribution in [0.25, 0.3) is 0 Å². The van der Waals surface area contributed by atoms with E-state index in [0.29, 0.717) is 5.02 Å². The maximum atomic E-state index is 12.9. The molecule has 17 heavy (non-hydrogen) atoms. The quantitative estimate of drug-likeness (QED) is 0.815. The summed E-state index contributed by atoms with van der Waals surface area (Å²) in [5, 5.41) is 3.93. The van der Waals surface area contributed by atoms with Crippen molar-refractivity contribution in [3.63, 3.8) is 0 Å². The zero-order chi connectivity index (χ0) is 13.1. The Kier molecular flexibility index (Phi) is 4.96. The van der Waals surface area contributed by atoms with Crippen molar-refractivity contribution in [3.8, 4) is 0 Å². The first kappa shape index (κ1) is 14.5. The highest BCUT2D eigenvalue weighted by molar-refractivity contribution is 6.31. The van der Waals surface area contributed by atoms with Crippen LogP contribution in [-0.2, 0) is 0 Å². The zero-order valence-corrected chi connectivity index (χ0v) is 11.7. The van der Waals surface area contributed by atoms with Crippen molar-refractivity contribution in [3.05, 3.63) is 34.6 Å². The minimum Gasteiger partial charge on any atom is -0.310 e. The van der Waals surface area contributed by atoms with E-state index in [1.807, 2.05) is 6.92 Å². The number of hydrogen-bond donors (Lipinski definition) is 1. The Morgan fingerprint density at radius 1 is 1.41 bits per heavy atom. The first-order valence-corrected chi connectivity index (χ1v) is 6.42. The molecule has 1 aromatic carbocycles. The van der Waals surface area contributed by atoms with Gasteiger partial charge in [-0.1, -0.05) is 38.4 Å². The molecule has 0 fully saturated rings. The Morgan fingerprint density at radius 3 is 2.59 bits per heavy atom. The lowest BCUT2D eigenvalue weighted by molar-refractivity contribution is 0.314. The highest BCUT2D eigenvalue weighted by atomic mass is 35.5. The molecular weight excluding hydrogens is 237 g/mol. The molecule has 1 nitrogen and oxygen atoms in total. The minimum absolute atomic E-state index is 0.133. The third-order valence-corrected chi connectivity index (χ3v) is 3.60. The van der Waals surface area contributed by atoms with E-state index in [9.17, 15) is 4.39 Å². The first-order chi connectivity index (χ1) is 7.85. The highest BCUT2D eigenvalue weighted by Crippen LogP contribution is 2.25. The van der Waals surface area contributed by atoms with E-state index >= 15 is 0 Å². The fourth-order valence-corrected chi connectivity index (χ4v) is 1.85. The van der Waals surface area contributed by atoms with Gasteiger partial charge in [-0.25, -0.2) is 4.39 Å². The summed E-state index contributed by atoms with van der Waals surface area (Å²) in [6.07, 6.45) is 1.11. The van der Waals surface area contributed by atoms with Crippen LogP contribution in [-0.4, -0.2) is 6.54 Å². The second-order valence-electron chi connectivity index (χ2n) is 5.29. The molecule has 0 spiro atoms. The summed E-state index contributed by atoms with van der Waals surface area (Å²) in [6.45, 7) is 9.58. The van der Waals surface area contributed by atoms with Gasteiger partial charge in [0.1, 0.15) is 5.82 Å². The lowest BCUT2D eigenvalue weighted by Gasteiger charge is -2.26. The fraction of sp³-hybridized carbons (Fsp3) is 0.571. The molecule has 0 heterocycles. The van der Waals surface area contributed by atoms with Crippen molar-refractivity contribution in [2.45, 2.75) is 40.2 Å². The molecule has 1 atom stereocenters. The van der Waals surface area contributed by atoms with Gasteiger partial charge in [0, 0.05) is 17.6 Å². The highest BCUT2D eigenvalue weighted by Gasteiger charge is 2.17. The second kappa shape index (κ2) is 5.83. The predicted molar refractivity (Wildman–Crippen MR) is 71.9 cm³/mol. The number of nitrogens with one attached hydrogen (secondary N) is 1. The molecular formula is C14H21ClFN. The van der Waals surface area contributed by atoms with Crippen LogP contribution in [0.5, 0.6) is 0 Å². The average Bonchev–Trinajstić information content (AvgIpc) is 2.26. The molecule has 0 saturated carbocycles. The van der Waals surface area contributed by atoms with Crippen molar-refractivity contribution in [1.29, 1.82) is 0 Å². The molecule has 0 radical (unpaired) electrons. The summed E-state index contributed by atoms with van der Waals surface area (Å²) in [7, 11) is 0. The van der Waals surface area contributed by atoms with E-state index in [0.717, 1.165) is 18.5 Å². The van der Waals surface area contributed by atoms with Gasteiger partial charge < -0.3 is 5.32 Å². The molecule has 0 aliphatic carbocycles. The van der Waals surface area contributed by atoms with Crippen LogP contribution < -0.4 is 5.32 Å². The van der Waals surface area contributed by atoms with Gasteiger partial charge in [-0.15, -0.1) is 0 Å². The summed E-state index contributed by atoms with van der Waals surface area (Å²) in [5.74, 6) is -0.292. The van der Waals surface area contributed by atoms with Crippen LogP contribution in [0.4, 0.5) is 4.39 Å². The van der Waals surface area contributed by atoms with Gasteiger partial charge >= 0.3 is 0 Å². The molecule has 1 rings (SSSR count). The molecule has 0 bridgehead atoms. The average molecular weight is 258 g/mol. The Bertz CT molecular complexity index is 376. The third-order valence-electron chi connectivity index (χ3n) is 3.27. The fourth-order valence-electron chi connectivity index (χ4n) is 1.52. The lowest BCUT2D eigenvalue weighted by atomic mass is 9.90. The van der Waals surface area contributed by atoms with Crippen molar-refractivity contribution in [1.82, 2.24) is 5.32 Å². The number of halogens is 2. The number of benzene rings is 1. The van der Waals surface area contributed by atoms with Gasteiger partial charge in [-0.2, -0.15) is 0 Å². The van der Waals surface area contributed by atoms with Crippen LogP contribution in [0.3, 0.4) is 0 Å². The second-order valence-corrected chi connectivity index (χ2v) is 5.69. The molecule has 0 aromatic heterocycles. The normalized spacial score (nSPS) is 13.8. The Labute approximate surface area is 108 Å². The maximum absolute atomic E-state index is 12.9. The maximum Gasteiger partial charge on any atom is 0.124 e. The van der Waals surface area contributed by atoms with Crippen molar-refractivity contribution in [2.75, 3.05) is 6.54 Å². The van der Waals surface area contributed by atoms with E-state index in [4.69, 9.17) is 11.6 Å². The molecule has 0 amide bonds. The Hall–Kier alpha value is -0.600. The molecule has 0 aliphatic rings. The zero-order valence-electron chi connectivity index (χ0n) is 11.0.